The molecule has 0 atom stereocenters. The third-order valence-electron chi connectivity index (χ3n) is 5.03. The van der Waals surface area contributed by atoms with Crippen LogP contribution in [0.25, 0.3) is 21.5 Å². The first-order chi connectivity index (χ1) is 14.0. The van der Waals surface area contributed by atoms with Crippen LogP contribution in [-0.4, -0.2) is 55.7 Å². The number of carbonyl (C=O) groups is 1. The predicted molar refractivity (Wildman–Crippen MR) is 114 cm³/mol. The van der Waals surface area contributed by atoms with E-state index in [1.807, 2.05) is 23.6 Å². The molecule has 0 N–H and O–H groups in total. The number of hydrogen-bond donors (Lipinski definition) is 0. The van der Waals surface area contributed by atoms with Crippen LogP contribution in [0.5, 0.6) is 0 Å². The fourth-order valence-corrected chi connectivity index (χ4v) is 4.21. The first-order valence-corrected chi connectivity index (χ1v) is 10.5. The molecule has 1 aliphatic rings. The van der Waals surface area contributed by atoms with Gasteiger partial charge in [0.15, 0.2) is 0 Å². The summed E-state index contributed by atoms with van der Waals surface area (Å²) in [6.45, 7) is 5.61. The molecule has 0 spiro atoms. The van der Waals surface area contributed by atoms with Gasteiger partial charge in [0.2, 0.25) is 0 Å². The standard InChI is InChI=1S/C21H23N3O4S/c1-14(25)27-10-5-16-13-29-20(22-16)18-11-15-3-4-17(12-19(15)28-21(18)26)24-8-6-23(2)7-9-24/h3-4,11-13H,5-10H2,1-2H3. The zero-order valence-electron chi connectivity index (χ0n) is 16.5. The van der Waals surface area contributed by atoms with Gasteiger partial charge < -0.3 is 19.0 Å². The van der Waals surface area contributed by atoms with Crippen molar-refractivity contribution in [3.05, 3.63) is 45.8 Å². The number of fused-ring (bicyclic) bond motifs is 1. The Bertz CT molecular complexity index is 1080. The molecule has 1 aromatic carbocycles. The van der Waals surface area contributed by atoms with Crippen LogP contribution in [-0.2, 0) is 16.0 Å². The lowest BCUT2D eigenvalue weighted by molar-refractivity contribution is -0.140. The van der Waals surface area contributed by atoms with Crippen molar-refractivity contribution in [1.29, 1.82) is 0 Å². The van der Waals surface area contributed by atoms with Gasteiger partial charge in [-0.3, -0.25) is 4.79 Å². The zero-order chi connectivity index (χ0) is 20.4. The number of benzene rings is 1. The molecule has 0 bridgehead atoms. The van der Waals surface area contributed by atoms with Gasteiger partial charge >= 0.3 is 11.6 Å². The van der Waals surface area contributed by atoms with E-state index >= 15 is 0 Å². The molecule has 1 saturated heterocycles. The normalized spacial score (nSPS) is 15.0. The molecule has 2 aromatic heterocycles. The zero-order valence-corrected chi connectivity index (χ0v) is 17.3. The van der Waals surface area contributed by atoms with Crippen molar-refractivity contribution in [3.8, 4) is 10.6 Å². The quantitative estimate of drug-likeness (QED) is 0.470. The van der Waals surface area contributed by atoms with Crippen LogP contribution >= 0.6 is 11.3 Å². The van der Waals surface area contributed by atoms with Crippen LogP contribution in [0.4, 0.5) is 5.69 Å². The number of aromatic nitrogens is 1. The second kappa shape index (κ2) is 8.34. The van der Waals surface area contributed by atoms with Crippen LogP contribution in [0.15, 0.2) is 38.9 Å². The Hall–Kier alpha value is -2.71. The first-order valence-electron chi connectivity index (χ1n) is 9.59. The molecule has 1 fully saturated rings. The van der Waals surface area contributed by atoms with Crippen molar-refractivity contribution in [2.45, 2.75) is 13.3 Å². The third kappa shape index (κ3) is 4.49. The van der Waals surface area contributed by atoms with Gasteiger partial charge in [0, 0.05) is 62.0 Å². The lowest BCUT2D eigenvalue weighted by Crippen LogP contribution is -2.44. The van der Waals surface area contributed by atoms with E-state index in [9.17, 15) is 9.59 Å². The lowest BCUT2D eigenvalue weighted by atomic mass is 10.1. The van der Waals surface area contributed by atoms with E-state index in [0.717, 1.165) is 42.9 Å². The maximum Gasteiger partial charge on any atom is 0.346 e. The highest BCUT2D eigenvalue weighted by atomic mass is 32.1. The minimum Gasteiger partial charge on any atom is -0.465 e. The highest BCUT2D eigenvalue weighted by Crippen LogP contribution is 2.27. The van der Waals surface area contributed by atoms with Crippen molar-refractivity contribution < 1.29 is 13.9 Å². The largest absolute Gasteiger partial charge is 0.465 e. The average molecular weight is 413 g/mol. The van der Waals surface area contributed by atoms with E-state index in [1.165, 1.54) is 18.3 Å². The van der Waals surface area contributed by atoms with Gasteiger partial charge in [-0.05, 0) is 25.2 Å². The molecule has 0 aliphatic carbocycles. The van der Waals surface area contributed by atoms with E-state index < -0.39 is 5.63 Å². The summed E-state index contributed by atoms with van der Waals surface area (Å²) in [6, 6.07) is 7.84. The molecule has 0 saturated carbocycles. The summed E-state index contributed by atoms with van der Waals surface area (Å²) in [6.07, 6.45) is 0.517. The molecule has 8 heteroatoms. The number of nitrogens with zero attached hydrogens (tertiary/aromatic N) is 3. The minimum absolute atomic E-state index is 0.278. The fraction of sp³-hybridized carbons (Fsp3) is 0.381. The number of esters is 1. The summed E-state index contributed by atoms with van der Waals surface area (Å²) in [5, 5.41) is 3.36. The number of hydrogen-bond acceptors (Lipinski definition) is 8. The monoisotopic (exact) mass is 413 g/mol. The van der Waals surface area contributed by atoms with Crippen molar-refractivity contribution in [2.24, 2.45) is 0 Å². The number of piperazine rings is 1. The van der Waals surface area contributed by atoms with Gasteiger partial charge in [0.05, 0.1) is 17.9 Å². The molecule has 0 radical (unpaired) electrons. The van der Waals surface area contributed by atoms with E-state index in [1.54, 1.807) is 0 Å². The van der Waals surface area contributed by atoms with Gasteiger partial charge in [-0.15, -0.1) is 11.3 Å². The molecule has 0 unspecified atom stereocenters. The molecule has 29 heavy (non-hydrogen) atoms. The Labute approximate surface area is 172 Å². The number of anilines is 1. The SMILES string of the molecule is CC(=O)OCCc1csc(-c2cc3ccc(N4CCN(C)CC4)cc3oc2=O)n1. The summed E-state index contributed by atoms with van der Waals surface area (Å²) in [7, 11) is 2.12. The minimum atomic E-state index is -0.395. The Balaban J connectivity index is 1.56. The van der Waals surface area contributed by atoms with Crippen LogP contribution in [0.2, 0.25) is 0 Å². The van der Waals surface area contributed by atoms with Crippen LogP contribution in [0.1, 0.15) is 12.6 Å². The van der Waals surface area contributed by atoms with E-state index in [2.05, 4.69) is 27.9 Å². The third-order valence-corrected chi connectivity index (χ3v) is 5.96. The summed E-state index contributed by atoms with van der Waals surface area (Å²) >= 11 is 1.39. The molecule has 7 nitrogen and oxygen atoms in total. The summed E-state index contributed by atoms with van der Waals surface area (Å²) < 4.78 is 10.6. The Kier molecular flexibility index (Phi) is 5.64. The van der Waals surface area contributed by atoms with Crippen LogP contribution in [0.3, 0.4) is 0 Å². The Morgan fingerprint density at radius 2 is 2.03 bits per heavy atom. The topological polar surface area (TPSA) is 75.9 Å². The van der Waals surface area contributed by atoms with E-state index in [4.69, 9.17) is 9.15 Å². The van der Waals surface area contributed by atoms with Gasteiger partial charge in [-0.2, -0.15) is 0 Å². The average Bonchev–Trinajstić information content (AvgIpc) is 3.16. The molecular formula is C21H23N3O4S. The van der Waals surface area contributed by atoms with Gasteiger partial charge in [0.25, 0.3) is 0 Å². The smallest absolute Gasteiger partial charge is 0.346 e. The van der Waals surface area contributed by atoms with Gasteiger partial charge in [0.1, 0.15) is 10.6 Å². The van der Waals surface area contributed by atoms with E-state index in [0.29, 0.717) is 22.6 Å². The summed E-state index contributed by atoms with van der Waals surface area (Å²) in [4.78, 5) is 32.6. The predicted octanol–water partition coefficient (Wildman–Crippen LogP) is 2.77. The summed E-state index contributed by atoms with van der Waals surface area (Å²) in [5.74, 6) is -0.313. The summed E-state index contributed by atoms with van der Waals surface area (Å²) in [5.41, 5.74) is 2.50. The molecular weight excluding hydrogens is 390 g/mol. The number of thiazole rings is 1. The highest BCUT2D eigenvalue weighted by Gasteiger charge is 2.16. The number of likely N-dealkylation sites (N-methyl/N-ethyl adjacent to an activating group) is 1. The number of ether oxygens (including phenoxy) is 1. The van der Waals surface area contributed by atoms with Crippen LogP contribution < -0.4 is 10.5 Å². The molecule has 0 amide bonds. The van der Waals surface area contributed by atoms with Gasteiger partial charge in [-0.25, -0.2) is 9.78 Å². The van der Waals surface area contributed by atoms with E-state index in [-0.39, 0.29) is 12.6 Å². The number of rotatable bonds is 5. The van der Waals surface area contributed by atoms with Crippen molar-refractivity contribution >= 4 is 34.0 Å². The number of carbonyl (C=O) groups excluding carboxylic acids is 1. The van der Waals surface area contributed by atoms with Crippen molar-refractivity contribution in [1.82, 2.24) is 9.88 Å². The van der Waals surface area contributed by atoms with Gasteiger partial charge in [-0.1, -0.05) is 0 Å². The maximum absolute atomic E-state index is 12.6. The molecule has 1 aliphatic heterocycles. The second-order valence-electron chi connectivity index (χ2n) is 7.19. The first kappa shape index (κ1) is 19.6. The highest BCUT2D eigenvalue weighted by molar-refractivity contribution is 7.13. The second-order valence-corrected chi connectivity index (χ2v) is 8.05. The van der Waals surface area contributed by atoms with Crippen LogP contribution in [0, 0.1) is 0 Å². The van der Waals surface area contributed by atoms with Crippen molar-refractivity contribution in [2.75, 3.05) is 44.7 Å². The maximum atomic E-state index is 12.6. The Morgan fingerprint density at radius 3 is 2.79 bits per heavy atom. The Morgan fingerprint density at radius 1 is 1.24 bits per heavy atom. The molecule has 3 heterocycles. The van der Waals surface area contributed by atoms with Crippen molar-refractivity contribution in [3.63, 3.8) is 0 Å². The molecule has 4 rings (SSSR count). The molecule has 3 aromatic rings. The lowest BCUT2D eigenvalue weighted by Gasteiger charge is -2.34. The fourth-order valence-electron chi connectivity index (χ4n) is 3.36. The molecule has 152 valence electrons.